The van der Waals surface area contributed by atoms with E-state index in [1.165, 1.54) is 0 Å². The summed E-state index contributed by atoms with van der Waals surface area (Å²) < 4.78 is 26.5. The van der Waals surface area contributed by atoms with Crippen LogP contribution < -0.4 is 0 Å². The zero-order chi connectivity index (χ0) is 16.4. The molecule has 6 heteroatoms. The van der Waals surface area contributed by atoms with Crippen LogP contribution in [0.4, 0.5) is 0 Å². The van der Waals surface area contributed by atoms with Crippen molar-refractivity contribution >= 4 is 10.0 Å². The summed E-state index contributed by atoms with van der Waals surface area (Å²) in [4.78, 5) is 5.85. The molecule has 1 saturated heterocycles. The van der Waals surface area contributed by atoms with Gasteiger partial charge in [0.1, 0.15) is 6.10 Å². The maximum atomic E-state index is 12.8. The third-order valence-electron chi connectivity index (χ3n) is 3.95. The smallest absolute Gasteiger partial charge is 0.265 e. The lowest BCUT2D eigenvalue weighted by molar-refractivity contribution is -0.0967. The summed E-state index contributed by atoms with van der Waals surface area (Å²) in [6.45, 7) is 1.61. The molecule has 2 aromatic carbocycles. The molecule has 0 aromatic heterocycles. The van der Waals surface area contributed by atoms with Crippen molar-refractivity contribution in [2.45, 2.75) is 30.4 Å². The third kappa shape index (κ3) is 3.16. The van der Waals surface area contributed by atoms with Crippen LogP contribution in [0.5, 0.6) is 0 Å². The van der Waals surface area contributed by atoms with Crippen LogP contribution in [0.15, 0.2) is 59.5 Å². The molecule has 1 aliphatic rings. The van der Waals surface area contributed by atoms with Crippen LogP contribution in [0.1, 0.15) is 23.7 Å². The second kappa shape index (κ2) is 6.41. The highest BCUT2D eigenvalue weighted by Crippen LogP contribution is 2.36. The van der Waals surface area contributed by atoms with Gasteiger partial charge in [-0.2, -0.15) is 0 Å². The van der Waals surface area contributed by atoms with Gasteiger partial charge in [0.05, 0.1) is 17.5 Å². The number of aliphatic hydroxyl groups is 1. The predicted octanol–water partition coefficient (Wildman–Crippen LogP) is 2.42. The van der Waals surface area contributed by atoms with Gasteiger partial charge in [-0.25, -0.2) is 8.42 Å². The largest absolute Gasteiger partial charge is 0.395 e. The molecule has 0 amide bonds. The van der Waals surface area contributed by atoms with Gasteiger partial charge >= 0.3 is 0 Å². The fourth-order valence-electron chi connectivity index (χ4n) is 2.66. The second-order valence-electron chi connectivity index (χ2n) is 5.65. The molecule has 2 atom stereocenters. The topological polar surface area (TPSA) is 66.8 Å². The van der Waals surface area contributed by atoms with E-state index < -0.39 is 16.1 Å². The number of hydrogen-bond donors (Lipinski definition) is 1. The Kier molecular flexibility index (Phi) is 4.50. The molecule has 0 saturated carbocycles. The highest BCUT2D eigenvalue weighted by Gasteiger charge is 2.42. The summed E-state index contributed by atoms with van der Waals surface area (Å²) in [7, 11) is -3.81. The minimum Gasteiger partial charge on any atom is -0.395 e. The average Bonchev–Trinajstić information content (AvgIpc) is 3.01. The Morgan fingerprint density at radius 1 is 1.13 bits per heavy atom. The first kappa shape index (κ1) is 16.1. The Bertz CT molecular complexity index is 759. The predicted molar refractivity (Wildman–Crippen MR) is 86.0 cm³/mol. The summed E-state index contributed by atoms with van der Waals surface area (Å²) >= 11 is 0. The van der Waals surface area contributed by atoms with E-state index in [0.29, 0.717) is 6.42 Å². The number of hydroxylamine groups is 1. The van der Waals surface area contributed by atoms with E-state index in [1.54, 1.807) is 24.3 Å². The minimum atomic E-state index is -3.81. The molecule has 0 aliphatic carbocycles. The van der Waals surface area contributed by atoms with Gasteiger partial charge in [0, 0.05) is 6.42 Å². The van der Waals surface area contributed by atoms with Crippen molar-refractivity contribution in [2.24, 2.45) is 0 Å². The SMILES string of the molecule is Cc1ccc(S(=O)(=O)N2O[C@H](c3ccccc3)C[C@@H]2CO)cc1. The van der Waals surface area contributed by atoms with Gasteiger partial charge in [-0.1, -0.05) is 52.5 Å². The lowest BCUT2D eigenvalue weighted by Gasteiger charge is -2.21. The summed E-state index contributed by atoms with van der Waals surface area (Å²) in [5.74, 6) is 0. The molecule has 23 heavy (non-hydrogen) atoms. The molecule has 0 spiro atoms. The molecular weight excluding hydrogens is 314 g/mol. The fraction of sp³-hybridized carbons (Fsp3) is 0.294. The van der Waals surface area contributed by atoms with Crippen LogP contribution in [0.2, 0.25) is 0 Å². The number of aliphatic hydroxyl groups excluding tert-OH is 1. The molecule has 0 radical (unpaired) electrons. The molecule has 1 aliphatic heterocycles. The van der Waals surface area contributed by atoms with Crippen LogP contribution in [0.3, 0.4) is 0 Å². The van der Waals surface area contributed by atoms with E-state index in [4.69, 9.17) is 4.84 Å². The standard InChI is InChI=1S/C17H19NO4S/c1-13-7-9-16(10-8-13)23(20,21)18-15(12-19)11-17(22-18)14-5-3-2-4-6-14/h2-10,15,17,19H,11-12H2,1H3/t15-,17+/m1/s1. The van der Waals surface area contributed by atoms with E-state index in [2.05, 4.69) is 0 Å². The molecule has 2 aromatic rings. The van der Waals surface area contributed by atoms with E-state index >= 15 is 0 Å². The fourth-order valence-corrected chi connectivity index (χ4v) is 4.11. The molecule has 5 nitrogen and oxygen atoms in total. The summed E-state index contributed by atoms with van der Waals surface area (Å²) in [5.41, 5.74) is 1.87. The first-order chi connectivity index (χ1) is 11.0. The summed E-state index contributed by atoms with van der Waals surface area (Å²) in [6, 6.07) is 15.4. The zero-order valence-electron chi connectivity index (χ0n) is 12.8. The molecule has 1 N–H and O–H groups in total. The number of benzene rings is 2. The van der Waals surface area contributed by atoms with Gasteiger partial charge in [0.15, 0.2) is 0 Å². The van der Waals surface area contributed by atoms with Crippen molar-refractivity contribution in [3.05, 3.63) is 65.7 Å². The lowest BCUT2D eigenvalue weighted by Crippen LogP contribution is -2.36. The highest BCUT2D eigenvalue weighted by atomic mass is 32.2. The van der Waals surface area contributed by atoms with Gasteiger partial charge in [-0.3, -0.25) is 4.84 Å². The Hall–Kier alpha value is -1.73. The van der Waals surface area contributed by atoms with Gasteiger partial charge in [0.25, 0.3) is 10.0 Å². The first-order valence-corrected chi connectivity index (χ1v) is 8.90. The zero-order valence-corrected chi connectivity index (χ0v) is 13.6. The first-order valence-electron chi connectivity index (χ1n) is 7.46. The molecule has 1 heterocycles. The van der Waals surface area contributed by atoms with E-state index in [1.807, 2.05) is 37.3 Å². The van der Waals surface area contributed by atoms with Crippen LogP contribution in [-0.2, 0) is 14.9 Å². The molecule has 3 rings (SSSR count). The molecule has 0 unspecified atom stereocenters. The number of aryl methyl sites for hydroxylation is 1. The Balaban J connectivity index is 1.90. The van der Waals surface area contributed by atoms with Gasteiger partial charge in [0.2, 0.25) is 0 Å². The monoisotopic (exact) mass is 333 g/mol. The summed E-state index contributed by atoms with van der Waals surface area (Å²) in [5, 5.41) is 9.57. The van der Waals surface area contributed by atoms with E-state index in [-0.39, 0.29) is 17.6 Å². The van der Waals surface area contributed by atoms with Crippen LogP contribution >= 0.6 is 0 Å². The number of rotatable bonds is 4. The average molecular weight is 333 g/mol. The molecule has 1 fully saturated rings. The van der Waals surface area contributed by atoms with Crippen molar-refractivity contribution in [3.8, 4) is 0 Å². The van der Waals surface area contributed by atoms with Crippen molar-refractivity contribution < 1.29 is 18.4 Å². The number of nitrogens with zero attached hydrogens (tertiary/aromatic N) is 1. The van der Waals surface area contributed by atoms with Crippen molar-refractivity contribution in [2.75, 3.05) is 6.61 Å². The Morgan fingerprint density at radius 3 is 2.39 bits per heavy atom. The molecule has 122 valence electrons. The van der Waals surface area contributed by atoms with Crippen LogP contribution in [0, 0.1) is 6.92 Å². The quantitative estimate of drug-likeness (QED) is 0.933. The number of sulfonamides is 1. The molecular formula is C17H19NO4S. The van der Waals surface area contributed by atoms with E-state index in [0.717, 1.165) is 15.6 Å². The third-order valence-corrected chi connectivity index (χ3v) is 5.68. The van der Waals surface area contributed by atoms with Crippen molar-refractivity contribution in [3.63, 3.8) is 0 Å². The van der Waals surface area contributed by atoms with Gasteiger partial charge < -0.3 is 5.11 Å². The van der Waals surface area contributed by atoms with Gasteiger partial charge in [-0.05, 0) is 24.6 Å². The summed E-state index contributed by atoms with van der Waals surface area (Å²) in [6.07, 6.45) is 0.0413. The maximum Gasteiger partial charge on any atom is 0.265 e. The van der Waals surface area contributed by atoms with Gasteiger partial charge in [-0.15, -0.1) is 0 Å². The van der Waals surface area contributed by atoms with Crippen molar-refractivity contribution in [1.29, 1.82) is 0 Å². The Morgan fingerprint density at radius 2 is 1.78 bits per heavy atom. The lowest BCUT2D eigenvalue weighted by atomic mass is 10.0. The number of hydrogen-bond acceptors (Lipinski definition) is 4. The van der Waals surface area contributed by atoms with Crippen molar-refractivity contribution in [1.82, 2.24) is 4.47 Å². The highest BCUT2D eigenvalue weighted by molar-refractivity contribution is 7.89. The Labute approximate surface area is 136 Å². The minimum absolute atomic E-state index is 0.162. The normalized spacial score (nSPS) is 22.3. The van der Waals surface area contributed by atoms with E-state index in [9.17, 15) is 13.5 Å². The van der Waals surface area contributed by atoms with Crippen LogP contribution in [-0.4, -0.2) is 30.6 Å². The van der Waals surface area contributed by atoms with Crippen LogP contribution in [0.25, 0.3) is 0 Å². The molecule has 0 bridgehead atoms. The second-order valence-corrected chi connectivity index (χ2v) is 7.43. The maximum absolute atomic E-state index is 12.8.